The van der Waals surface area contributed by atoms with E-state index >= 15 is 0 Å². The van der Waals surface area contributed by atoms with E-state index in [1.54, 1.807) is 12.1 Å². The van der Waals surface area contributed by atoms with Crippen LogP contribution < -0.4 is 15.5 Å². The van der Waals surface area contributed by atoms with Gasteiger partial charge in [0.2, 0.25) is 5.91 Å². The summed E-state index contributed by atoms with van der Waals surface area (Å²) in [6.45, 7) is 2.50. The average Bonchev–Trinajstić information content (AvgIpc) is 3.09. The zero-order valence-corrected chi connectivity index (χ0v) is 13.6. The van der Waals surface area contributed by atoms with Gasteiger partial charge < -0.3 is 14.6 Å². The Kier molecular flexibility index (Phi) is 4.84. The summed E-state index contributed by atoms with van der Waals surface area (Å²) < 4.78 is 5.13. The normalized spacial score (nSPS) is 16.4. The quantitative estimate of drug-likeness (QED) is 0.904. The smallest absolute Gasteiger partial charge is 0.321 e. The number of rotatable bonds is 4. The molecule has 0 spiro atoms. The first-order chi connectivity index (χ1) is 11.6. The number of amides is 3. The first-order valence-electron chi connectivity index (χ1n) is 8.08. The molecule has 1 aromatic heterocycles. The maximum atomic E-state index is 12.2. The number of fused-ring (bicyclic) bond motifs is 1. The minimum absolute atomic E-state index is 0.159. The second kappa shape index (κ2) is 7.21. The highest BCUT2D eigenvalue weighted by molar-refractivity contribution is 5.96. The third-order valence-corrected chi connectivity index (χ3v) is 4.23. The van der Waals surface area contributed by atoms with Gasteiger partial charge in [0.05, 0.1) is 19.4 Å². The zero-order valence-electron chi connectivity index (χ0n) is 13.6. The predicted octanol–water partition coefficient (Wildman–Crippen LogP) is 2.45. The first kappa shape index (κ1) is 16.1. The number of anilines is 1. The van der Waals surface area contributed by atoms with E-state index < -0.39 is 6.03 Å². The van der Waals surface area contributed by atoms with Gasteiger partial charge in [-0.3, -0.25) is 10.1 Å². The summed E-state index contributed by atoms with van der Waals surface area (Å²) in [4.78, 5) is 26.1. The molecule has 0 fully saturated rings. The second-order valence-electron chi connectivity index (χ2n) is 5.95. The van der Waals surface area contributed by atoms with Crippen molar-refractivity contribution in [3.8, 4) is 0 Å². The number of furan rings is 1. The van der Waals surface area contributed by atoms with Crippen LogP contribution in [0.4, 0.5) is 10.5 Å². The summed E-state index contributed by atoms with van der Waals surface area (Å²) in [7, 11) is 0. The number of hydrogen-bond acceptors (Lipinski definition) is 4. The number of benzene rings is 1. The number of nitrogens with one attached hydrogen (secondary N) is 2. The van der Waals surface area contributed by atoms with Crippen LogP contribution in [0.15, 0.2) is 47.1 Å². The van der Waals surface area contributed by atoms with Gasteiger partial charge >= 0.3 is 6.03 Å². The molecule has 24 heavy (non-hydrogen) atoms. The van der Waals surface area contributed by atoms with Crippen LogP contribution in [0.5, 0.6) is 0 Å². The van der Waals surface area contributed by atoms with Gasteiger partial charge in [-0.1, -0.05) is 18.2 Å². The van der Waals surface area contributed by atoms with Crippen molar-refractivity contribution in [2.75, 3.05) is 11.4 Å². The Morgan fingerprint density at radius 1 is 1.25 bits per heavy atom. The number of imide groups is 1. The fraction of sp³-hybridized carbons (Fsp3) is 0.333. The minimum atomic E-state index is -0.519. The van der Waals surface area contributed by atoms with Crippen LogP contribution >= 0.6 is 0 Å². The van der Waals surface area contributed by atoms with Crippen molar-refractivity contribution in [2.45, 2.75) is 32.4 Å². The summed E-state index contributed by atoms with van der Waals surface area (Å²) in [5.41, 5.74) is 2.31. The Labute approximate surface area is 140 Å². The standard InChI is InChI=1S/C18H21N3O3/c1-13-8-9-14-5-2-3-7-16(14)21(13)12-17(22)20-18(23)19-11-15-6-4-10-24-15/h2-7,10,13H,8-9,11-12H2,1H3,(H2,19,20,22,23)/t13-/m1/s1. The summed E-state index contributed by atoms with van der Waals surface area (Å²) in [5, 5.41) is 4.97. The topological polar surface area (TPSA) is 74.6 Å². The number of para-hydroxylation sites is 1. The van der Waals surface area contributed by atoms with Crippen molar-refractivity contribution in [3.05, 3.63) is 54.0 Å². The lowest BCUT2D eigenvalue weighted by molar-refractivity contribution is -0.118. The lowest BCUT2D eigenvalue weighted by Gasteiger charge is -2.36. The number of aryl methyl sites for hydroxylation is 1. The molecule has 0 aliphatic carbocycles. The molecule has 0 unspecified atom stereocenters. The highest BCUT2D eigenvalue weighted by atomic mass is 16.3. The Morgan fingerprint density at radius 2 is 2.08 bits per heavy atom. The fourth-order valence-corrected chi connectivity index (χ4v) is 2.95. The van der Waals surface area contributed by atoms with Crippen molar-refractivity contribution < 1.29 is 14.0 Å². The maximum Gasteiger partial charge on any atom is 0.321 e. The molecule has 6 nitrogen and oxygen atoms in total. The fourth-order valence-electron chi connectivity index (χ4n) is 2.95. The van der Waals surface area contributed by atoms with Gasteiger partial charge in [0.1, 0.15) is 5.76 Å². The third-order valence-electron chi connectivity index (χ3n) is 4.23. The van der Waals surface area contributed by atoms with E-state index in [-0.39, 0.29) is 25.0 Å². The van der Waals surface area contributed by atoms with Gasteiger partial charge in [0.25, 0.3) is 0 Å². The van der Waals surface area contributed by atoms with Gasteiger partial charge in [-0.15, -0.1) is 0 Å². The largest absolute Gasteiger partial charge is 0.467 e. The zero-order chi connectivity index (χ0) is 16.9. The molecule has 0 bridgehead atoms. The molecule has 1 atom stereocenters. The van der Waals surface area contributed by atoms with Crippen molar-refractivity contribution >= 4 is 17.6 Å². The SMILES string of the molecule is C[C@@H]1CCc2ccccc2N1CC(=O)NC(=O)NCc1ccco1. The van der Waals surface area contributed by atoms with E-state index in [0.717, 1.165) is 18.5 Å². The lowest BCUT2D eigenvalue weighted by atomic mass is 9.97. The Hall–Kier alpha value is -2.76. The number of nitrogens with zero attached hydrogens (tertiary/aromatic N) is 1. The van der Waals surface area contributed by atoms with Gasteiger partial charge in [0.15, 0.2) is 0 Å². The molecule has 3 amide bonds. The third kappa shape index (κ3) is 3.76. The number of urea groups is 1. The molecule has 0 saturated carbocycles. The van der Waals surface area contributed by atoms with E-state index in [1.165, 1.54) is 11.8 Å². The molecule has 0 radical (unpaired) electrons. The van der Waals surface area contributed by atoms with E-state index in [1.807, 2.05) is 23.1 Å². The maximum absolute atomic E-state index is 12.2. The highest BCUT2D eigenvalue weighted by Gasteiger charge is 2.24. The molecule has 2 heterocycles. The van der Waals surface area contributed by atoms with Crippen LogP contribution in [0.3, 0.4) is 0 Å². The van der Waals surface area contributed by atoms with Gasteiger partial charge in [-0.2, -0.15) is 0 Å². The predicted molar refractivity (Wildman–Crippen MR) is 90.7 cm³/mol. The molecule has 1 aliphatic heterocycles. The van der Waals surface area contributed by atoms with Crippen LogP contribution in [-0.2, 0) is 17.8 Å². The molecule has 0 saturated heterocycles. The summed E-state index contributed by atoms with van der Waals surface area (Å²) in [6, 6.07) is 11.3. The van der Waals surface area contributed by atoms with Gasteiger partial charge in [0, 0.05) is 11.7 Å². The number of carbonyl (C=O) groups excluding carboxylic acids is 2. The van der Waals surface area contributed by atoms with Crippen LogP contribution in [-0.4, -0.2) is 24.5 Å². The average molecular weight is 327 g/mol. The summed E-state index contributed by atoms with van der Waals surface area (Å²) in [6.07, 6.45) is 3.54. The summed E-state index contributed by atoms with van der Waals surface area (Å²) in [5.74, 6) is 0.312. The molecular formula is C18H21N3O3. The molecule has 2 N–H and O–H groups in total. The van der Waals surface area contributed by atoms with E-state index in [4.69, 9.17) is 4.42 Å². The Balaban J connectivity index is 1.55. The molecule has 6 heteroatoms. The van der Waals surface area contributed by atoms with Gasteiger partial charge in [-0.25, -0.2) is 4.79 Å². The first-order valence-corrected chi connectivity index (χ1v) is 8.08. The van der Waals surface area contributed by atoms with Crippen molar-refractivity contribution in [1.82, 2.24) is 10.6 Å². The number of carbonyl (C=O) groups is 2. The second-order valence-corrected chi connectivity index (χ2v) is 5.95. The van der Waals surface area contributed by atoms with Crippen LogP contribution in [0.2, 0.25) is 0 Å². The Morgan fingerprint density at radius 3 is 2.88 bits per heavy atom. The van der Waals surface area contributed by atoms with E-state index in [2.05, 4.69) is 23.6 Å². The molecule has 126 valence electrons. The minimum Gasteiger partial charge on any atom is -0.467 e. The van der Waals surface area contributed by atoms with Crippen LogP contribution in [0.25, 0.3) is 0 Å². The number of hydrogen-bond donors (Lipinski definition) is 2. The molecule has 1 aliphatic rings. The molecule has 2 aromatic rings. The van der Waals surface area contributed by atoms with Gasteiger partial charge in [-0.05, 0) is 43.5 Å². The van der Waals surface area contributed by atoms with E-state index in [0.29, 0.717) is 5.76 Å². The van der Waals surface area contributed by atoms with Crippen molar-refractivity contribution in [2.24, 2.45) is 0 Å². The molecule has 1 aromatic carbocycles. The lowest BCUT2D eigenvalue weighted by Crippen LogP contribution is -2.47. The monoisotopic (exact) mass is 327 g/mol. The van der Waals surface area contributed by atoms with E-state index in [9.17, 15) is 9.59 Å². The van der Waals surface area contributed by atoms with Crippen LogP contribution in [0.1, 0.15) is 24.7 Å². The van der Waals surface area contributed by atoms with Crippen LogP contribution in [0, 0.1) is 0 Å². The molecular weight excluding hydrogens is 306 g/mol. The van der Waals surface area contributed by atoms with Crippen molar-refractivity contribution in [3.63, 3.8) is 0 Å². The highest BCUT2D eigenvalue weighted by Crippen LogP contribution is 2.29. The molecule has 3 rings (SSSR count). The Bertz CT molecular complexity index is 712. The summed E-state index contributed by atoms with van der Waals surface area (Å²) >= 11 is 0. The van der Waals surface area contributed by atoms with Crippen molar-refractivity contribution in [1.29, 1.82) is 0 Å².